The minimum Gasteiger partial charge on any atom is -0.459 e. The molecule has 3 aromatic rings. The number of Topliss-reactive ketones (excluding diaryl/α,β-unsaturated/α-hetero) is 1. The second kappa shape index (κ2) is 7.01. The summed E-state index contributed by atoms with van der Waals surface area (Å²) < 4.78 is 19.2. The van der Waals surface area contributed by atoms with Crippen LogP contribution in [-0.4, -0.2) is 21.2 Å². The highest BCUT2D eigenvalue weighted by molar-refractivity contribution is 6.02. The van der Waals surface area contributed by atoms with Crippen LogP contribution in [0.15, 0.2) is 68.9 Å². The number of aromatic nitrogens is 2. The molecule has 0 unspecified atom stereocenters. The number of hydrogen-bond donors (Lipinski definition) is 2. The standard InChI is InChI=1S/C17H12FN3O5/c18-11-9-21(17(25)20-15(11)23)14(13(22)10-5-2-1-3-6-10)19-16(24)12-7-4-8-26-12/h1-9,14H,(H,19,24)(H,20,23,25)/t14-/m0/s1. The van der Waals surface area contributed by atoms with E-state index in [0.717, 1.165) is 0 Å². The van der Waals surface area contributed by atoms with E-state index in [9.17, 15) is 23.6 Å². The number of amides is 1. The van der Waals surface area contributed by atoms with Gasteiger partial charge in [-0.2, -0.15) is 4.39 Å². The molecule has 1 aromatic carbocycles. The molecule has 26 heavy (non-hydrogen) atoms. The molecule has 0 aliphatic rings. The van der Waals surface area contributed by atoms with Crippen LogP contribution in [0.25, 0.3) is 0 Å². The average Bonchev–Trinajstić information content (AvgIpc) is 3.18. The van der Waals surface area contributed by atoms with Crippen molar-refractivity contribution < 1.29 is 18.4 Å². The number of hydrogen-bond acceptors (Lipinski definition) is 5. The fraction of sp³-hybridized carbons (Fsp3) is 0.0588. The average molecular weight is 357 g/mol. The molecule has 0 radical (unpaired) electrons. The first kappa shape index (κ1) is 17.1. The highest BCUT2D eigenvalue weighted by Crippen LogP contribution is 2.12. The monoisotopic (exact) mass is 357 g/mol. The van der Waals surface area contributed by atoms with E-state index in [1.807, 2.05) is 0 Å². The summed E-state index contributed by atoms with van der Waals surface area (Å²) in [6.07, 6.45) is 0.234. The van der Waals surface area contributed by atoms with E-state index in [-0.39, 0.29) is 11.3 Å². The Morgan fingerprint density at radius 2 is 1.85 bits per heavy atom. The van der Waals surface area contributed by atoms with Crippen molar-refractivity contribution in [3.63, 3.8) is 0 Å². The van der Waals surface area contributed by atoms with Crippen molar-refractivity contribution in [3.8, 4) is 0 Å². The van der Waals surface area contributed by atoms with Crippen molar-refractivity contribution in [2.75, 3.05) is 0 Å². The maximum Gasteiger partial charge on any atom is 0.330 e. The molecule has 1 atom stereocenters. The largest absolute Gasteiger partial charge is 0.459 e. The van der Waals surface area contributed by atoms with Gasteiger partial charge in [0.15, 0.2) is 11.9 Å². The van der Waals surface area contributed by atoms with E-state index in [2.05, 4.69) is 5.32 Å². The summed E-state index contributed by atoms with van der Waals surface area (Å²) in [6, 6.07) is 10.6. The quantitative estimate of drug-likeness (QED) is 0.663. The van der Waals surface area contributed by atoms with Gasteiger partial charge in [0.05, 0.1) is 12.5 Å². The molecule has 8 nitrogen and oxygen atoms in total. The first-order valence-corrected chi connectivity index (χ1v) is 7.42. The van der Waals surface area contributed by atoms with Gasteiger partial charge >= 0.3 is 5.69 Å². The number of aromatic amines is 1. The van der Waals surface area contributed by atoms with Gasteiger partial charge in [0.25, 0.3) is 11.5 Å². The minimum absolute atomic E-state index is 0.103. The van der Waals surface area contributed by atoms with Crippen molar-refractivity contribution in [1.82, 2.24) is 14.9 Å². The van der Waals surface area contributed by atoms with Crippen LogP contribution in [-0.2, 0) is 0 Å². The van der Waals surface area contributed by atoms with Crippen molar-refractivity contribution in [2.45, 2.75) is 6.17 Å². The third kappa shape index (κ3) is 3.36. The molecule has 2 heterocycles. The van der Waals surface area contributed by atoms with Gasteiger partial charge in [-0.15, -0.1) is 0 Å². The summed E-state index contributed by atoms with van der Waals surface area (Å²) in [5.74, 6) is -2.85. The van der Waals surface area contributed by atoms with Crippen LogP contribution in [0, 0.1) is 5.82 Å². The first-order chi connectivity index (χ1) is 12.5. The van der Waals surface area contributed by atoms with Crippen LogP contribution < -0.4 is 16.6 Å². The molecule has 1 amide bonds. The number of halogens is 1. The molecule has 0 aliphatic heterocycles. The first-order valence-electron chi connectivity index (χ1n) is 7.42. The lowest BCUT2D eigenvalue weighted by atomic mass is 10.1. The number of nitrogens with zero attached hydrogens (tertiary/aromatic N) is 1. The molecule has 2 aromatic heterocycles. The smallest absolute Gasteiger partial charge is 0.330 e. The number of carbonyl (C=O) groups excluding carboxylic acids is 2. The molecule has 2 N–H and O–H groups in total. The molecule has 0 spiro atoms. The third-order valence-electron chi connectivity index (χ3n) is 3.52. The summed E-state index contributed by atoms with van der Waals surface area (Å²) in [5.41, 5.74) is -2.10. The molecule has 0 saturated heterocycles. The summed E-state index contributed by atoms with van der Waals surface area (Å²) in [5, 5.41) is 2.31. The summed E-state index contributed by atoms with van der Waals surface area (Å²) in [6.45, 7) is 0. The Labute approximate surface area is 144 Å². The molecular weight excluding hydrogens is 345 g/mol. The summed E-state index contributed by atoms with van der Waals surface area (Å²) >= 11 is 0. The number of ketones is 1. The molecule has 0 fully saturated rings. The molecule has 3 rings (SSSR count). The number of rotatable bonds is 5. The fourth-order valence-corrected chi connectivity index (χ4v) is 2.28. The van der Waals surface area contributed by atoms with Gasteiger partial charge in [-0.25, -0.2) is 4.79 Å². The third-order valence-corrected chi connectivity index (χ3v) is 3.52. The maximum atomic E-state index is 13.7. The lowest BCUT2D eigenvalue weighted by Crippen LogP contribution is -2.44. The molecular formula is C17H12FN3O5. The SMILES string of the molecule is O=C(N[C@H](C(=O)c1ccccc1)n1cc(F)c(=O)[nH]c1=O)c1ccco1. The Hall–Kier alpha value is -3.75. The Morgan fingerprint density at radius 1 is 1.12 bits per heavy atom. The Bertz CT molecular complexity index is 1050. The van der Waals surface area contributed by atoms with Crippen molar-refractivity contribution in [2.24, 2.45) is 0 Å². The number of furan rings is 1. The van der Waals surface area contributed by atoms with E-state index in [1.54, 1.807) is 23.2 Å². The van der Waals surface area contributed by atoms with E-state index in [4.69, 9.17) is 4.42 Å². The fourth-order valence-electron chi connectivity index (χ4n) is 2.28. The van der Waals surface area contributed by atoms with E-state index >= 15 is 0 Å². The predicted molar refractivity (Wildman–Crippen MR) is 87.3 cm³/mol. The van der Waals surface area contributed by atoms with Gasteiger partial charge < -0.3 is 9.73 Å². The Kier molecular flexibility index (Phi) is 4.61. The zero-order valence-electron chi connectivity index (χ0n) is 13.1. The summed E-state index contributed by atoms with van der Waals surface area (Å²) in [7, 11) is 0. The number of nitrogens with one attached hydrogen (secondary N) is 2. The van der Waals surface area contributed by atoms with Crippen LogP contribution >= 0.6 is 0 Å². The predicted octanol–water partition coefficient (Wildman–Crippen LogP) is 1.08. The molecule has 0 aliphatic carbocycles. The molecule has 0 bridgehead atoms. The van der Waals surface area contributed by atoms with Crippen LogP contribution in [0.3, 0.4) is 0 Å². The van der Waals surface area contributed by atoms with Gasteiger partial charge in [0.1, 0.15) is 0 Å². The van der Waals surface area contributed by atoms with Crippen LogP contribution in [0.2, 0.25) is 0 Å². The Balaban J connectivity index is 2.06. The topological polar surface area (TPSA) is 114 Å². The number of carbonyl (C=O) groups is 2. The van der Waals surface area contributed by atoms with E-state index < -0.39 is 34.9 Å². The highest BCUT2D eigenvalue weighted by atomic mass is 19.1. The zero-order valence-corrected chi connectivity index (χ0v) is 13.1. The van der Waals surface area contributed by atoms with Crippen molar-refractivity contribution >= 4 is 11.7 Å². The van der Waals surface area contributed by atoms with E-state index in [1.165, 1.54) is 30.5 Å². The van der Waals surface area contributed by atoms with Crippen LogP contribution in [0.1, 0.15) is 27.1 Å². The van der Waals surface area contributed by atoms with Crippen LogP contribution in [0.5, 0.6) is 0 Å². The molecule has 132 valence electrons. The lowest BCUT2D eigenvalue weighted by molar-refractivity contribution is 0.0796. The van der Waals surface area contributed by atoms with Gasteiger partial charge in [-0.1, -0.05) is 30.3 Å². The van der Waals surface area contributed by atoms with Gasteiger partial charge in [0.2, 0.25) is 11.6 Å². The maximum absolute atomic E-state index is 13.7. The van der Waals surface area contributed by atoms with Crippen molar-refractivity contribution in [1.29, 1.82) is 0 Å². The van der Waals surface area contributed by atoms with Gasteiger partial charge in [-0.05, 0) is 12.1 Å². The normalized spacial score (nSPS) is 11.7. The summed E-state index contributed by atoms with van der Waals surface area (Å²) in [4.78, 5) is 50.1. The zero-order chi connectivity index (χ0) is 18.7. The van der Waals surface area contributed by atoms with E-state index in [0.29, 0.717) is 10.8 Å². The van der Waals surface area contributed by atoms with Gasteiger partial charge in [0, 0.05) is 5.56 Å². The highest BCUT2D eigenvalue weighted by Gasteiger charge is 2.27. The Morgan fingerprint density at radius 3 is 2.50 bits per heavy atom. The van der Waals surface area contributed by atoms with Gasteiger partial charge in [-0.3, -0.25) is 23.9 Å². The second-order valence-electron chi connectivity index (χ2n) is 5.23. The second-order valence-corrected chi connectivity index (χ2v) is 5.23. The van der Waals surface area contributed by atoms with Crippen LogP contribution in [0.4, 0.5) is 4.39 Å². The minimum atomic E-state index is -1.59. The number of H-pyrrole nitrogens is 1. The molecule has 9 heteroatoms. The number of benzene rings is 1. The lowest BCUT2D eigenvalue weighted by Gasteiger charge is -2.19. The molecule has 0 saturated carbocycles. The van der Waals surface area contributed by atoms with Crippen molar-refractivity contribution in [3.05, 3.63) is 92.9 Å².